The van der Waals surface area contributed by atoms with Crippen LogP contribution in [0.4, 0.5) is 11.5 Å². The molecule has 1 aromatic heterocycles. The maximum absolute atomic E-state index is 12.8. The van der Waals surface area contributed by atoms with Crippen LogP contribution in [0.5, 0.6) is 0 Å². The molecule has 1 aromatic rings. The number of hydrogen-bond acceptors (Lipinski definition) is 6. The first-order valence-corrected chi connectivity index (χ1v) is 9.38. The Labute approximate surface area is 158 Å². The van der Waals surface area contributed by atoms with Crippen LogP contribution in [0.15, 0.2) is 9.59 Å². The van der Waals surface area contributed by atoms with Gasteiger partial charge in [0.25, 0.3) is 5.56 Å². The number of ether oxygens (including phenoxy) is 2. The number of nitrogens with zero attached hydrogens (tertiary/aromatic N) is 2. The predicted octanol–water partition coefficient (Wildman–Crippen LogP) is 0.713. The number of rotatable bonds is 9. The van der Waals surface area contributed by atoms with E-state index in [1.165, 1.54) is 16.6 Å². The van der Waals surface area contributed by atoms with Crippen molar-refractivity contribution in [3.05, 3.63) is 20.8 Å². The van der Waals surface area contributed by atoms with Gasteiger partial charge in [-0.2, -0.15) is 0 Å². The summed E-state index contributed by atoms with van der Waals surface area (Å²) in [6.07, 6.45) is 2.83. The Morgan fingerprint density at radius 2 is 2.19 bits per heavy atom. The molecular formula is C18H30N4O5. The number of nitrogen functional groups attached to an aromatic ring is 1. The molecule has 9 heteroatoms. The lowest BCUT2D eigenvalue weighted by Crippen LogP contribution is -2.43. The zero-order valence-corrected chi connectivity index (χ0v) is 16.3. The van der Waals surface area contributed by atoms with E-state index in [1.54, 1.807) is 0 Å². The average molecular weight is 382 g/mol. The molecule has 1 aliphatic heterocycles. The van der Waals surface area contributed by atoms with Gasteiger partial charge in [-0.25, -0.2) is 4.79 Å². The molecule has 0 radical (unpaired) electrons. The van der Waals surface area contributed by atoms with E-state index in [1.807, 2.05) is 13.8 Å². The van der Waals surface area contributed by atoms with Crippen molar-refractivity contribution in [3.8, 4) is 0 Å². The molecule has 0 bridgehead atoms. The molecule has 152 valence electrons. The normalized spacial score (nSPS) is 16.8. The number of H-pyrrole nitrogens is 1. The fourth-order valence-corrected chi connectivity index (χ4v) is 3.22. The number of aromatic nitrogens is 2. The maximum Gasteiger partial charge on any atom is 0.330 e. The van der Waals surface area contributed by atoms with Gasteiger partial charge in [-0.15, -0.1) is 0 Å². The molecule has 3 N–H and O–H groups in total. The largest absolute Gasteiger partial charge is 0.383 e. The van der Waals surface area contributed by atoms with E-state index in [0.717, 1.165) is 19.4 Å². The van der Waals surface area contributed by atoms with E-state index < -0.39 is 11.2 Å². The van der Waals surface area contributed by atoms with Gasteiger partial charge in [-0.05, 0) is 25.2 Å². The summed E-state index contributed by atoms with van der Waals surface area (Å²) in [6, 6.07) is 0. The lowest BCUT2D eigenvalue weighted by molar-refractivity contribution is -0.119. The van der Waals surface area contributed by atoms with Crippen molar-refractivity contribution in [2.24, 2.45) is 5.92 Å². The average Bonchev–Trinajstić information content (AvgIpc) is 3.12. The van der Waals surface area contributed by atoms with Crippen molar-refractivity contribution < 1.29 is 14.3 Å². The first-order chi connectivity index (χ1) is 12.8. The summed E-state index contributed by atoms with van der Waals surface area (Å²) in [6.45, 7) is 5.36. The number of carbonyl (C=O) groups is 1. The lowest BCUT2D eigenvalue weighted by Gasteiger charge is -2.25. The Hall–Kier alpha value is -2.13. The highest BCUT2D eigenvalue weighted by atomic mass is 16.5. The van der Waals surface area contributed by atoms with E-state index >= 15 is 0 Å². The van der Waals surface area contributed by atoms with Crippen LogP contribution in [0.3, 0.4) is 0 Å². The third kappa shape index (κ3) is 5.43. The van der Waals surface area contributed by atoms with Gasteiger partial charge in [0.05, 0.1) is 12.7 Å². The van der Waals surface area contributed by atoms with E-state index in [-0.39, 0.29) is 49.0 Å². The molecule has 1 atom stereocenters. The summed E-state index contributed by atoms with van der Waals surface area (Å²) in [5.74, 6) is -0.0973. The first-order valence-electron chi connectivity index (χ1n) is 9.38. The van der Waals surface area contributed by atoms with Crippen molar-refractivity contribution in [1.29, 1.82) is 0 Å². The second-order valence-electron chi connectivity index (χ2n) is 7.21. The summed E-state index contributed by atoms with van der Waals surface area (Å²) in [5, 5.41) is 0. The minimum atomic E-state index is -0.668. The van der Waals surface area contributed by atoms with Crippen LogP contribution >= 0.6 is 0 Å². The predicted molar refractivity (Wildman–Crippen MR) is 103 cm³/mol. The van der Waals surface area contributed by atoms with Crippen molar-refractivity contribution in [2.75, 3.05) is 37.5 Å². The number of hydrogen-bond donors (Lipinski definition) is 2. The maximum atomic E-state index is 12.8. The fraction of sp³-hybridized carbons (Fsp3) is 0.722. The highest BCUT2D eigenvalue weighted by molar-refractivity contribution is 5.95. The van der Waals surface area contributed by atoms with Gasteiger partial charge in [0.15, 0.2) is 5.69 Å². The Balaban J connectivity index is 2.32. The molecular weight excluding hydrogens is 352 g/mol. The van der Waals surface area contributed by atoms with E-state index in [0.29, 0.717) is 13.0 Å². The number of amides is 1. The zero-order chi connectivity index (χ0) is 20.0. The van der Waals surface area contributed by atoms with E-state index in [4.69, 9.17) is 15.2 Å². The van der Waals surface area contributed by atoms with Gasteiger partial charge in [0.1, 0.15) is 5.82 Å². The molecule has 0 aliphatic carbocycles. The second kappa shape index (κ2) is 9.70. The highest BCUT2D eigenvalue weighted by Crippen LogP contribution is 2.21. The standard InChI is InChI=1S/C18H30N4O5/c1-12(2)11-22-16(19)15(17(24)20-18(22)25)21(8-10-26-3)14(23)7-6-13-5-4-9-27-13/h12-13H,4-11,19H2,1-3H3,(H,20,24,25). The van der Waals surface area contributed by atoms with Crippen molar-refractivity contribution in [3.63, 3.8) is 0 Å². The van der Waals surface area contributed by atoms with Gasteiger partial charge in [0, 0.05) is 33.2 Å². The van der Waals surface area contributed by atoms with Crippen LogP contribution in [-0.4, -0.2) is 48.4 Å². The molecule has 1 fully saturated rings. The minimum absolute atomic E-state index is 0.000908. The molecule has 1 aliphatic rings. The Kier molecular flexibility index (Phi) is 7.61. The Morgan fingerprint density at radius 1 is 1.44 bits per heavy atom. The summed E-state index contributed by atoms with van der Waals surface area (Å²) in [7, 11) is 1.52. The molecule has 27 heavy (non-hydrogen) atoms. The van der Waals surface area contributed by atoms with Crippen LogP contribution in [0.2, 0.25) is 0 Å². The molecule has 2 rings (SSSR count). The molecule has 1 saturated heterocycles. The van der Waals surface area contributed by atoms with Gasteiger partial charge in [0.2, 0.25) is 5.91 Å². The van der Waals surface area contributed by atoms with Gasteiger partial charge in [-0.1, -0.05) is 13.8 Å². The lowest BCUT2D eigenvalue weighted by atomic mass is 10.1. The topological polar surface area (TPSA) is 120 Å². The third-order valence-electron chi connectivity index (χ3n) is 4.56. The van der Waals surface area contributed by atoms with Crippen molar-refractivity contribution >= 4 is 17.4 Å². The summed E-state index contributed by atoms with van der Waals surface area (Å²) >= 11 is 0. The number of aromatic amines is 1. The molecule has 0 aromatic carbocycles. The molecule has 1 unspecified atom stereocenters. The van der Waals surface area contributed by atoms with Gasteiger partial charge >= 0.3 is 5.69 Å². The van der Waals surface area contributed by atoms with Crippen LogP contribution in [0, 0.1) is 5.92 Å². The van der Waals surface area contributed by atoms with Crippen molar-refractivity contribution in [1.82, 2.24) is 9.55 Å². The fourth-order valence-electron chi connectivity index (χ4n) is 3.22. The number of nitrogens with one attached hydrogen (secondary N) is 1. The van der Waals surface area contributed by atoms with E-state index in [9.17, 15) is 14.4 Å². The number of carbonyl (C=O) groups excluding carboxylic acids is 1. The van der Waals surface area contributed by atoms with Crippen molar-refractivity contribution in [2.45, 2.75) is 52.2 Å². The smallest absolute Gasteiger partial charge is 0.330 e. The highest BCUT2D eigenvalue weighted by Gasteiger charge is 2.25. The van der Waals surface area contributed by atoms with E-state index in [2.05, 4.69) is 4.98 Å². The molecule has 0 spiro atoms. The molecule has 0 saturated carbocycles. The first kappa shape index (κ1) is 21.2. The van der Waals surface area contributed by atoms with Gasteiger partial charge < -0.3 is 20.1 Å². The zero-order valence-electron chi connectivity index (χ0n) is 16.3. The molecule has 9 nitrogen and oxygen atoms in total. The van der Waals surface area contributed by atoms with Crippen LogP contribution in [0.1, 0.15) is 39.5 Å². The van der Waals surface area contributed by atoms with Gasteiger partial charge in [-0.3, -0.25) is 19.1 Å². The molecule has 1 amide bonds. The number of nitrogens with two attached hydrogens (primary N) is 1. The Bertz CT molecular complexity index is 749. The number of methoxy groups -OCH3 is 1. The van der Waals surface area contributed by atoms with Crippen LogP contribution in [-0.2, 0) is 20.8 Å². The summed E-state index contributed by atoms with van der Waals surface area (Å²) in [5.41, 5.74) is 4.91. The summed E-state index contributed by atoms with van der Waals surface area (Å²) < 4.78 is 11.9. The summed E-state index contributed by atoms with van der Waals surface area (Å²) in [4.78, 5) is 41.0. The van der Waals surface area contributed by atoms with Crippen LogP contribution < -0.4 is 21.9 Å². The quantitative estimate of drug-likeness (QED) is 0.649. The Morgan fingerprint density at radius 3 is 2.78 bits per heavy atom. The minimum Gasteiger partial charge on any atom is -0.383 e. The van der Waals surface area contributed by atoms with Crippen LogP contribution in [0.25, 0.3) is 0 Å². The monoisotopic (exact) mass is 382 g/mol. The molecule has 2 heterocycles. The SMILES string of the molecule is COCCN(C(=O)CCC1CCCO1)c1c(N)n(CC(C)C)c(=O)[nH]c1=O. The second-order valence-corrected chi connectivity index (χ2v) is 7.21. The number of anilines is 2. The third-order valence-corrected chi connectivity index (χ3v) is 4.56.